The van der Waals surface area contributed by atoms with Gasteiger partial charge in [0.1, 0.15) is 5.75 Å². The number of carbonyl (C=O) groups excluding carboxylic acids is 1. The number of anilines is 1. The number of alkyl halides is 6. The summed E-state index contributed by atoms with van der Waals surface area (Å²) in [6, 6.07) is 5.82. The summed E-state index contributed by atoms with van der Waals surface area (Å²) in [6.07, 6.45) is -5.00. The summed E-state index contributed by atoms with van der Waals surface area (Å²) >= 11 is 1.08. The first kappa shape index (κ1) is 28.3. The highest BCUT2D eigenvalue weighted by atomic mass is 35.5. The molecule has 0 spiro atoms. The molecule has 0 N–H and O–H groups in total. The van der Waals surface area contributed by atoms with Gasteiger partial charge in [-0.3, -0.25) is 9.69 Å². The van der Waals surface area contributed by atoms with E-state index in [1.54, 1.807) is 41.5 Å². The summed E-state index contributed by atoms with van der Waals surface area (Å²) in [5, 5.41) is 0.139. The molecular weight excluding hydrogens is 546 g/mol. The largest absolute Gasteiger partial charge is 0.497 e. The molecule has 0 unspecified atom stereocenters. The summed E-state index contributed by atoms with van der Waals surface area (Å²) in [5.74, 6) is -0.494. The van der Waals surface area contributed by atoms with Crippen molar-refractivity contribution >= 4 is 45.0 Å². The number of thiazole rings is 1. The average molecular weight is 565 g/mol. The SMILES string of the molecule is COc1ccc2nc(N(CCCn3ccnc3)C(=O)c3cc(C(F)(F)F)cc(C(F)(F)F)c3)sc2c1.Cl. The molecule has 0 aliphatic rings. The lowest BCUT2D eigenvalue weighted by Crippen LogP contribution is -2.33. The van der Waals surface area contributed by atoms with Crippen LogP contribution in [0, 0.1) is 0 Å². The van der Waals surface area contributed by atoms with Crippen LogP contribution >= 0.6 is 23.7 Å². The van der Waals surface area contributed by atoms with Gasteiger partial charge in [0.2, 0.25) is 0 Å². The fourth-order valence-corrected chi connectivity index (χ4v) is 4.50. The minimum absolute atomic E-state index is 0. The van der Waals surface area contributed by atoms with Crippen molar-refractivity contribution in [2.24, 2.45) is 0 Å². The van der Waals surface area contributed by atoms with Gasteiger partial charge in [0.05, 0.1) is 34.8 Å². The van der Waals surface area contributed by atoms with Crippen molar-refractivity contribution in [1.82, 2.24) is 14.5 Å². The molecule has 4 aromatic rings. The van der Waals surface area contributed by atoms with Gasteiger partial charge >= 0.3 is 12.4 Å². The number of rotatable bonds is 7. The summed E-state index contributed by atoms with van der Waals surface area (Å²) in [5.41, 5.74) is -3.36. The van der Waals surface area contributed by atoms with Gasteiger partial charge in [-0.15, -0.1) is 12.4 Å². The molecule has 2 heterocycles. The maximum atomic E-state index is 13.4. The topological polar surface area (TPSA) is 60.2 Å². The van der Waals surface area contributed by atoms with E-state index in [-0.39, 0.29) is 30.1 Å². The molecule has 0 fully saturated rings. The van der Waals surface area contributed by atoms with Crippen LogP contribution in [0.4, 0.5) is 31.5 Å². The Morgan fingerprint density at radius 2 is 1.73 bits per heavy atom. The number of imidazole rings is 1. The van der Waals surface area contributed by atoms with E-state index in [4.69, 9.17) is 4.74 Å². The lowest BCUT2D eigenvalue weighted by molar-refractivity contribution is -0.143. The van der Waals surface area contributed by atoms with Gasteiger partial charge in [-0.25, -0.2) is 9.97 Å². The Balaban J connectivity index is 0.00000380. The highest BCUT2D eigenvalue weighted by molar-refractivity contribution is 7.22. The standard InChI is InChI=1S/C23H18F6N4O2S.ClH/c1-35-17-3-4-18-19(12-17)36-21(31-18)33(7-2-6-32-8-5-30-13-32)20(34)14-9-15(22(24,25)26)11-16(10-14)23(27,28)29;/h3-5,8-13H,2,6-7H2,1H3;1H. The molecule has 0 aliphatic carbocycles. The van der Waals surface area contributed by atoms with Crippen LogP contribution in [0.5, 0.6) is 5.75 Å². The van der Waals surface area contributed by atoms with Crippen LogP contribution < -0.4 is 9.64 Å². The number of fused-ring (bicyclic) bond motifs is 1. The third-order valence-corrected chi connectivity index (χ3v) is 6.29. The zero-order chi connectivity index (χ0) is 26.1. The van der Waals surface area contributed by atoms with Crippen LogP contribution in [0.1, 0.15) is 27.9 Å². The van der Waals surface area contributed by atoms with Crippen molar-refractivity contribution in [3.8, 4) is 5.75 Å². The van der Waals surface area contributed by atoms with E-state index in [1.165, 1.54) is 7.11 Å². The van der Waals surface area contributed by atoms with Crippen LogP contribution in [0.25, 0.3) is 10.2 Å². The number of aryl methyl sites for hydroxylation is 1. The Labute approximate surface area is 216 Å². The van der Waals surface area contributed by atoms with E-state index in [9.17, 15) is 31.1 Å². The van der Waals surface area contributed by atoms with Gasteiger partial charge < -0.3 is 9.30 Å². The first-order valence-corrected chi connectivity index (χ1v) is 11.3. The number of benzene rings is 2. The first-order chi connectivity index (χ1) is 17.0. The Morgan fingerprint density at radius 3 is 2.30 bits per heavy atom. The molecular formula is C23H19ClF6N4O2S. The van der Waals surface area contributed by atoms with Crippen LogP contribution in [0.3, 0.4) is 0 Å². The van der Waals surface area contributed by atoms with Gasteiger partial charge in [-0.1, -0.05) is 11.3 Å². The number of aromatic nitrogens is 3. The summed E-state index contributed by atoms with van der Waals surface area (Å²) < 4.78 is 87.8. The number of halogens is 7. The highest BCUT2D eigenvalue weighted by Crippen LogP contribution is 2.38. The Hall–Kier alpha value is -3.32. The lowest BCUT2D eigenvalue weighted by Gasteiger charge is -2.21. The Morgan fingerprint density at radius 1 is 1.05 bits per heavy atom. The Kier molecular flexibility index (Phi) is 8.38. The third kappa shape index (κ3) is 6.52. The highest BCUT2D eigenvalue weighted by Gasteiger charge is 2.38. The van der Waals surface area contributed by atoms with Gasteiger partial charge in [-0.05, 0) is 42.8 Å². The van der Waals surface area contributed by atoms with Crippen molar-refractivity contribution in [2.75, 3.05) is 18.6 Å². The number of amides is 1. The molecule has 0 saturated carbocycles. The number of nitrogens with zero attached hydrogens (tertiary/aromatic N) is 4. The number of ether oxygens (including phenoxy) is 1. The second kappa shape index (κ2) is 11.0. The average Bonchev–Trinajstić information content (AvgIpc) is 3.49. The third-order valence-electron chi connectivity index (χ3n) is 5.25. The maximum absolute atomic E-state index is 13.4. The van der Waals surface area contributed by atoms with Gasteiger partial charge in [0.15, 0.2) is 5.13 Å². The quantitative estimate of drug-likeness (QED) is 0.234. The normalized spacial score (nSPS) is 11.9. The number of hydrogen-bond donors (Lipinski definition) is 0. The second-order valence-electron chi connectivity index (χ2n) is 7.74. The molecule has 2 aromatic heterocycles. The minimum atomic E-state index is -5.07. The molecule has 198 valence electrons. The van der Waals surface area contributed by atoms with E-state index in [2.05, 4.69) is 9.97 Å². The van der Waals surface area contributed by atoms with Gasteiger partial charge in [0, 0.05) is 31.0 Å². The molecule has 1 amide bonds. The van der Waals surface area contributed by atoms with Crippen molar-refractivity contribution in [2.45, 2.75) is 25.3 Å². The lowest BCUT2D eigenvalue weighted by atomic mass is 10.0. The number of carbonyl (C=O) groups is 1. The van der Waals surface area contributed by atoms with Crippen molar-refractivity contribution < 1.29 is 35.9 Å². The Bertz CT molecular complexity index is 1340. The predicted molar refractivity (Wildman–Crippen MR) is 128 cm³/mol. The predicted octanol–water partition coefficient (Wildman–Crippen LogP) is 6.70. The molecule has 0 bridgehead atoms. The van der Waals surface area contributed by atoms with E-state index in [0.29, 0.717) is 41.1 Å². The summed E-state index contributed by atoms with van der Waals surface area (Å²) in [6.45, 7) is 0.407. The fraction of sp³-hybridized carbons (Fsp3) is 0.261. The van der Waals surface area contributed by atoms with Crippen molar-refractivity contribution in [3.05, 3.63) is 71.8 Å². The minimum Gasteiger partial charge on any atom is -0.497 e. The smallest absolute Gasteiger partial charge is 0.416 e. The molecule has 2 aromatic carbocycles. The maximum Gasteiger partial charge on any atom is 0.416 e. The van der Waals surface area contributed by atoms with Crippen molar-refractivity contribution in [1.29, 1.82) is 0 Å². The monoisotopic (exact) mass is 564 g/mol. The molecule has 4 rings (SSSR count). The molecule has 0 aliphatic heterocycles. The van der Waals surface area contributed by atoms with E-state index >= 15 is 0 Å². The van der Waals surface area contributed by atoms with E-state index < -0.39 is 35.0 Å². The van der Waals surface area contributed by atoms with Crippen molar-refractivity contribution in [3.63, 3.8) is 0 Å². The zero-order valence-corrected chi connectivity index (χ0v) is 20.6. The first-order valence-electron chi connectivity index (χ1n) is 10.5. The van der Waals surface area contributed by atoms with Crippen LogP contribution in [0.2, 0.25) is 0 Å². The number of hydrogen-bond acceptors (Lipinski definition) is 5. The molecule has 0 radical (unpaired) electrons. The van der Waals surface area contributed by atoms with Crippen LogP contribution in [-0.2, 0) is 18.9 Å². The zero-order valence-electron chi connectivity index (χ0n) is 19.0. The summed E-state index contributed by atoms with van der Waals surface area (Å²) in [4.78, 5) is 22.8. The second-order valence-corrected chi connectivity index (χ2v) is 8.74. The summed E-state index contributed by atoms with van der Waals surface area (Å²) in [7, 11) is 1.47. The number of methoxy groups -OCH3 is 1. The van der Waals surface area contributed by atoms with Crippen LogP contribution in [0.15, 0.2) is 55.1 Å². The molecule has 0 atom stereocenters. The van der Waals surface area contributed by atoms with Crippen LogP contribution in [-0.4, -0.2) is 34.1 Å². The van der Waals surface area contributed by atoms with E-state index in [1.807, 2.05) is 0 Å². The van der Waals surface area contributed by atoms with Gasteiger partial charge in [-0.2, -0.15) is 26.3 Å². The van der Waals surface area contributed by atoms with Gasteiger partial charge in [0.25, 0.3) is 5.91 Å². The fourth-order valence-electron chi connectivity index (χ4n) is 3.48. The molecule has 37 heavy (non-hydrogen) atoms. The molecule has 0 saturated heterocycles. The van der Waals surface area contributed by atoms with E-state index in [0.717, 1.165) is 16.2 Å². The molecule has 6 nitrogen and oxygen atoms in total. The molecule has 14 heteroatoms.